The lowest BCUT2D eigenvalue weighted by Gasteiger charge is -2.35. The normalized spacial score (nSPS) is 18.5. The molecule has 1 atom stereocenters. The van der Waals surface area contributed by atoms with Crippen molar-refractivity contribution in [3.05, 3.63) is 27.7 Å². The van der Waals surface area contributed by atoms with Gasteiger partial charge in [0.05, 0.1) is 5.02 Å². The molecule has 1 aromatic carbocycles. The Bertz CT molecular complexity index is 414. The number of hydrogen-bond acceptors (Lipinski definition) is 4. The molecule has 1 aromatic rings. The number of piperazine rings is 1. The van der Waals surface area contributed by atoms with Crippen molar-refractivity contribution in [2.24, 2.45) is 0 Å². The lowest BCUT2D eigenvalue weighted by molar-refractivity contribution is 0.139. The smallest absolute Gasteiger partial charge is 0.123 e. The largest absolute Gasteiger partial charge is 0.508 e. The number of phenols is 1. The van der Waals surface area contributed by atoms with Crippen molar-refractivity contribution in [2.45, 2.75) is 12.5 Å². The summed E-state index contributed by atoms with van der Waals surface area (Å²) in [6, 6.07) is 3.04. The van der Waals surface area contributed by atoms with Crippen LogP contribution in [0.4, 0.5) is 0 Å². The van der Waals surface area contributed by atoms with Gasteiger partial charge in [0, 0.05) is 49.4 Å². The minimum Gasteiger partial charge on any atom is -0.508 e. The molecule has 0 amide bonds. The van der Waals surface area contributed by atoms with Gasteiger partial charge in [0.15, 0.2) is 0 Å². The number of nitrogens with one attached hydrogen (secondary N) is 1. The Labute approximate surface area is 122 Å². The molecule has 1 saturated heterocycles. The molecule has 1 aliphatic rings. The summed E-state index contributed by atoms with van der Waals surface area (Å²) in [5.41, 5.74) is 0.655. The first-order valence-corrected chi connectivity index (χ1v) is 7.12. The summed E-state index contributed by atoms with van der Waals surface area (Å²) in [5, 5.41) is 23.5. The second kappa shape index (κ2) is 6.77. The van der Waals surface area contributed by atoms with E-state index < -0.39 is 0 Å². The number of hydrogen-bond donors (Lipinski definition) is 3. The maximum atomic E-state index is 10.1. The van der Waals surface area contributed by atoms with E-state index >= 15 is 0 Å². The lowest BCUT2D eigenvalue weighted by Crippen LogP contribution is -2.45. The molecular formula is C13H18Cl2N2O2. The van der Waals surface area contributed by atoms with Crippen LogP contribution in [0.3, 0.4) is 0 Å². The average Bonchev–Trinajstić information content (AvgIpc) is 2.37. The van der Waals surface area contributed by atoms with Crippen LogP contribution in [-0.4, -0.2) is 47.9 Å². The van der Waals surface area contributed by atoms with Crippen molar-refractivity contribution in [3.63, 3.8) is 0 Å². The van der Waals surface area contributed by atoms with E-state index in [2.05, 4.69) is 10.2 Å². The zero-order chi connectivity index (χ0) is 13.8. The highest BCUT2D eigenvalue weighted by Crippen LogP contribution is 2.38. The molecule has 0 radical (unpaired) electrons. The maximum Gasteiger partial charge on any atom is 0.123 e. The van der Waals surface area contributed by atoms with E-state index in [0.29, 0.717) is 22.0 Å². The molecule has 4 nitrogen and oxygen atoms in total. The molecule has 2 rings (SSSR count). The molecule has 1 fully saturated rings. The molecule has 1 aliphatic heterocycles. The summed E-state index contributed by atoms with van der Waals surface area (Å²) in [6.45, 7) is 3.57. The van der Waals surface area contributed by atoms with Crippen LogP contribution in [0.2, 0.25) is 10.0 Å². The molecule has 1 heterocycles. The van der Waals surface area contributed by atoms with Crippen LogP contribution in [0.15, 0.2) is 12.1 Å². The van der Waals surface area contributed by atoms with Gasteiger partial charge in [0.25, 0.3) is 0 Å². The molecule has 106 valence electrons. The third kappa shape index (κ3) is 3.52. The predicted octanol–water partition coefficient (Wildman–Crippen LogP) is 2.03. The fourth-order valence-corrected chi connectivity index (χ4v) is 3.14. The number of benzene rings is 1. The highest BCUT2D eigenvalue weighted by molar-refractivity contribution is 6.35. The second-order valence-electron chi connectivity index (χ2n) is 4.63. The third-order valence-corrected chi connectivity index (χ3v) is 3.93. The van der Waals surface area contributed by atoms with Crippen molar-refractivity contribution in [1.29, 1.82) is 0 Å². The van der Waals surface area contributed by atoms with Gasteiger partial charge in [0.1, 0.15) is 5.75 Å². The van der Waals surface area contributed by atoms with Crippen molar-refractivity contribution < 1.29 is 10.2 Å². The van der Waals surface area contributed by atoms with Gasteiger partial charge in [-0.2, -0.15) is 0 Å². The number of aliphatic hydroxyl groups is 1. The van der Waals surface area contributed by atoms with E-state index in [0.717, 1.165) is 26.2 Å². The first-order valence-electron chi connectivity index (χ1n) is 6.37. The molecule has 0 spiro atoms. The first-order chi connectivity index (χ1) is 9.13. The van der Waals surface area contributed by atoms with Gasteiger partial charge in [-0.3, -0.25) is 4.90 Å². The Morgan fingerprint density at radius 1 is 1.26 bits per heavy atom. The molecular weight excluding hydrogens is 287 g/mol. The monoisotopic (exact) mass is 304 g/mol. The van der Waals surface area contributed by atoms with E-state index in [1.807, 2.05) is 0 Å². The van der Waals surface area contributed by atoms with Gasteiger partial charge in [0.2, 0.25) is 0 Å². The minimum atomic E-state index is -0.0862. The van der Waals surface area contributed by atoms with Gasteiger partial charge in [-0.1, -0.05) is 23.2 Å². The third-order valence-electron chi connectivity index (χ3n) is 3.40. The van der Waals surface area contributed by atoms with Crippen LogP contribution in [-0.2, 0) is 0 Å². The Morgan fingerprint density at radius 3 is 2.53 bits per heavy atom. The standard InChI is InChI=1S/C13H18Cl2N2O2/c14-9-7-10(15)13(12(19)8-9)11(1-6-18)17-4-2-16-3-5-17/h7-8,11,16,18-19H,1-6H2/t11-/m0/s1. The predicted molar refractivity (Wildman–Crippen MR) is 77.0 cm³/mol. The summed E-state index contributed by atoms with van der Waals surface area (Å²) < 4.78 is 0. The minimum absolute atomic E-state index is 0.0486. The fourth-order valence-electron chi connectivity index (χ4n) is 2.53. The molecule has 0 aromatic heterocycles. The molecule has 19 heavy (non-hydrogen) atoms. The average molecular weight is 305 g/mol. The van der Waals surface area contributed by atoms with Crippen molar-refractivity contribution >= 4 is 23.2 Å². The second-order valence-corrected chi connectivity index (χ2v) is 5.48. The number of rotatable bonds is 4. The van der Waals surface area contributed by atoms with E-state index in [1.54, 1.807) is 6.07 Å². The van der Waals surface area contributed by atoms with Crippen LogP contribution in [0, 0.1) is 0 Å². The molecule has 0 bridgehead atoms. The van der Waals surface area contributed by atoms with E-state index in [4.69, 9.17) is 23.2 Å². The number of phenolic OH excluding ortho intramolecular Hbond substituents is 1. The molecule has 0 saturated carbocycles. The van der Waals surface area contributed by atoms with Gasteiger partial charge in [-0.15, -0.1) is 0 Å². The first kappa shape index (κ1) is 14.9. The Hall–Kier alpha value is -0.520. The molecule has 0 unspecified atom stereocenters. The van der Waals surface area contributed by atoms with E-state index in [1.165, 1.54) is 6.07 Å². The van der Waals surface area contributed by atoms with Gasteiger partial charge >= 0.3 is 0 Å². The summed E-state index contributed by atoms with van der Waals surface area (Å²) in [6.07, 6.45) is 0.537. The highest BCUT2D eigenvalue weighted by atomic mass is 35.5. The molecule has 3 N–H and O–H groups in total. The van der Waals surface area contributed by atoms with Crippen LogP contribution >= 0.6 is 23.2 Å². The van der Waals surface area contributed by atoms with Crippen LogP contribution < -0.4 is 5.32 Å². The summed E-state index contributed by atoms with van der Waals surface area (Å²) in [5.74, 6) is 0.0921. The summed E-state index contributed by atoms with van der Waals surface area (Å²) in [4.78, 5) is 2.22. The lowest BCUT2D eigenvalue weighted by atomic mass is 10.00. The SMILES string of the molecule is OCC[C@@H](c1c(O)cc(Cl)cc1Cl)N1CCNCC1. The number of nitrogens with zero attached hydrogens (tertiary/aromatic N) is 1. The fraction of sp³-hybridized carbons (Fsp3) is 0.538. The number of aliphatic hydroxyl groups excluding tert-OH is 1. The molecule has 0 aliphatic carbocycles. The Balaban J connectivity index is 2.32. The van der Waals surface area contributed by atoms with E-state index in [-0.39, 0.29) is 18.4 Å². The number of aromatic hydroxyl groups is 1. The number of halogens is 2. The topological polar surface area (TPSA) is 55.7 Å². The van der Waals surface area contributed by atoms with Gasteiger partial charge in [-0.05, 0) is 18.6 Å². The van der Waals surface area contributed by atoms with Crippen LogP contribution in [0.25, 0.3) is 0 Å². The van der Waals surface area contributed by atoms with Crippen LogP contribution in [0.5, 0.6) is 5.75 Å². The summed E-state index contributed by atoms with van der Waals surface area (Å²) >= 11 is 12.1. The van der Waals surface area contributed by atoms with Crippen molar-refractivity contribution in [2.75, 3.05) is 32.8 Å². The zero-order valence-corrected chi connectivity index (χ0v) is 12.1. The van der Waals surface area contributed by atoms with Crippen LogP contribution in [0.1, 0.15) is 18.0 Å². The highest BCUT2D eigenvalue weighted by Gasteiger charge is 2.26. The maximum absolute atomic E-state index is 10.1. The summed E-state index contributed by atoms with van der Waals surface area (Å²) in [7, 11) is 0. The quantitative estimate of drug-likeness (QED) is 0.797. The Morgan fingerprint density at radius 2 is 1.95 bits per heavy atom. The van der Waals surface area contributed by atoms with Gasteiger partial charge < -0.3 is 15.5 Å². The zero-order valence-electron chi connectivity index (χ0n) is 10.6. The van der Waals surface area contributed by atoms with Gasteiger partial charge in [-0.25, -0.2) is 0 Å². The van der Waals surface area contributed by atoms with Crippen molar-refractivity contribution in [3.8, 4) is 5.75 Å². The Kier molecular flexibility index (Phi) is 5.30. The van der Waals surface area contributed by atoms with E-state index in [9.17, 15) is 10.2 Å². The van der Waals surface area contributed by atoms with Crippen molar-refractivity contribution in [1.82, 2.24) is 10.2 Å². The molecule has 6 heteroatoms.